The molecule has 18 heavy (non-hydrogen) atoms. The van der Waals surface area contributed by atoms with Gasteiger partial charge in [-0.15, -0.1) is 0 Å². The van der Waals surface area contributed by atoms with Crippen LogP contribution in [0.4, 0.5) is 17.3 Å². The number of rotatable bonds is 6. The highest BCUT2D eigenvalue weighted by molar-refractivity contribution is 5.60. The second-order valence-electron chi connectivity index (χ2n) is 4.41. The molecule has 0 unspecified atom stereocenters. The van der Waals surface area contributed by atoms with Crippen LogP contribution in [0.1, 0.15) is 6.42 Å². The van der Waals surface area contributed by atoms with Crippen molar-refractivity contribution in [2.45, 2.75) is 6.42 Å². The third-order valence-corrected chi connectivity index (χ3v) is 2.53. The Labute approximate surface area is 106 Å². The van der Waals surface area contributed by atoms with E-state index >= 15 is 0 Å². The Morgan fingerprint density at radius 3 is 2.56 bits per heavy atom. The zero-order valence-electron chi connectivity index (χ0n) is 11.0. The summed E-state index contributed by atoms with van der Waals surface area (Å²) in [7, 11) is 5.76. The van der Waals surface area contributed by atoms with Gasteiger partial charge in [-0.05, 0) is 33.1 Å². The molecule has 1 heterocycles. The zero-order chi connectivity index (χ0) is 13.7. The average Bonchev–Trinajstić information content (AvgIpc) is 2.27. The summed E-state index contributed by atoms with van der Waals surface area (Å²) in [6, 6.07) is 2.83. The summed E-state index contributed by atoms with van der Waals surface area (Å²) in [5.41, 5.74) is 5.56. The second kappa shape index (κ2) is 6.15. The number of nitrogens with zero attached hydrogens (tertiary/aromatic N) is 4. The van der Waals surface area contributed by atoms with Crippen molar-refractivity contribution in [3.63, 3.8) is 0 Å². The highest BCUT2D eigenvalue weighted by atomic mass is 16.6. The highest BCUT2D eigenvalue weighted by Crippen LogP contribution is 2.25. The van der Waals surface area contributed by atoms with Gasteiger partial charge in [-0.25, -0.2) is 4.98 Å². The third kappa shape index (κ3) is 3.85. The first-order chi connectivity index (χ1) is 8.41. The first-order valence-electron chi connectivity index (χ1n) is 5.68. The third-order valence-electron chi connectivity index (χ3n) is 2.53. The van der Waals surface area contributed by atoms with Crippen molar-refractivity contribution in [2.75, 3.05) is 44.9 Å². The molecule has 0 aliphatic rings. The standard InChI is InChI=1S/C11H19N5O2/c1-14(2)7-4-8-15(3)11-9(16(17)18)5-6-10(12)13-11/h5-6H,4,7-8H2,1-3H3,(H2,12,13). The molecule has 0 atom stereocenters. The van der Waals surface area contributed by atoms with E-state index in [1.54, 1.807) is 11.9 Å². The normalized spacial score (nSPS) is 10.7. The molecule has 1 aromatic rings. The van der Waals surface area contributed by atoms with Crippen molar-refractivity contribution in [1.29, 1.82) is 0 Å². The molecule has 7 heteroatoms. The molecule has 1 rings (SSSR count). The Hall–Kier alpha value is -1.89. The molecule has 0 fully saturated rings. The molecule has 0 amide bonds. The lowest BCUT2D eigenvalue weighted by atomic mass is 10.3. The Balaban J connectivity index is 2.80. The van der Waals surface area contributed by atoms with Gasteiger partial charge in [0.15, 0.2) is 0 Å². The lowest BCUT2D eigenvalue weighted by Gasteiger charge is -2.19. The van der Waals surface area contributed by atoms with E-state index in [4.69, 9.17) is 5.73 Å². The van der Waals surface area contributed by atoms with Crippen LogP contribution >= 0.6 is 0 Å². The number of pyridine rings is 1. The van der Waals surface area contributed by atoms with E-state index in [1.807, 2.05) is 14.1 Å². The van der Waals surface area contributed by atoms with E-state index in [0.717, 1.165) is 13.0 Å². The smallest absolute Gasteiger partial charge is 0.311 e. The summed E-state index contributed by atoms with van der Waals surface area (Å²) in [6.45, 7) is 1.61. The van der Waals surface area contributed by atoms with E-state index in [2.05, 4.69) is 9.88 Å². The summed E-state index contributed by atoms with van der Waals surface area (Å²) < 4.78 is 0. The number of nitro groups is 1. The van der Waals surface area contributed by atoms with Crippen LogP contribution in [0, 0.1) is 10.1 Å². The molecule has 0 aliphatic heterocycles. The summed E-state index contributed by atoms with van der Waals surface area (Å²) in [5, 5.41) is 10.9. The van der Waals surface area contributed by atoms with Crippen LogP contribution in [0.2, 0.25) is 0 Å². The predicted octanol–water partition coefficient (Wildman–Crippen LogP) is 0.960. The number of nitrogens with two attached hydrogens (primary N) is 1. The van der Waals surface area contributed by atoms with Gasteiger partial charge in [-0.1, -0.05) is 0 Å². The lowest BCUT2D eigenvalue weighted by Crippen LogP contribution is -2.25. The molecule has 2 N–H and O–H groups in total. The van der Waals surface area contributed by atoms with Gasteiger partial charge in [-0.2, -0.15) is 0 Å². The van der Waals surface area contributed by atoms with Gasteiger partial charge < -0.3 is 15.5 Å². The monoisotopic (exact) mass is 253 g/mol. The molecule has 0 spiro atoms. The van der Waals surface area contributed by atoms with Crippen molar-refractivity contribution < 1.29 is 4.92 Å². The second-order valence-corrected chi connectivity index (χ2v) is 4.41. The number of anilines is 2. The van der Waals surface area contributed by atoms with Crippen LogP contribution < -0.4 is 10.6 Å². The maximum Gasteiger partial charge on any atom is 0.311 e. The van der Waals surface area contributed by atoms with E-state index in [-0.39, 0.29) is 11.5 Å². The maximum absolute atomic E-state index is 10.9. The van der Waals surface area contributed by atoms with Gasteiger partial charge in [0.2, 0.25) is 5.82 Å². The fourth-order valence-electron chi connectivity index (χ4n) is 1.61. The molecule has 7 nitrogen and oxygen atoms in total. The van der Waals surface area contributed by atoms with Gasteiger partial charge in [0, 0.05) is 19.7 Å². The quantitative estimate of drug-likeness (QED) is 0.600. The topological polar surface area (TPSA) is 88.5 Å². The van der Waals surface area contributed by atoms with Crippen LogP contribution in [0.25, 0.3) is 0 Å². The van der Waals surface area contributed by atoms with Gasteiger partial charge in [-0.3, -0.25) is 10.1 Å². The molecule has 0 radical (unpaired) electrons. The number of nitrogen functional groups attached to an aromatic ring is 1. The Kier molecular flexibility index (Phi) is 4.85. The van der Waals surface area contributed by atoms with Gasteiger partial charge in [0.25, 0.3) is 0 Å². The minimum absolute atomic E-state index is 0.0171. The fourth-order valence-corrected chi connectivity index (χ4v) is 1.61. The van der Waals surface area contributed by atoms with Gasteiger partial charge in [0.1, 0.15) is 5.82 Å². The molecule has 0 saturated carbocycles. The van der Waals surface area contributed by atoms with E-state index < -0.39 is 4.92 Å². The van der Waals surface area contributed by atoms with Crippen LogP contribution in [-0.2, 0) is 0 Å². The minimum Gasteiger partial charge on any atom is -0.384 e. The molecule has 0 aliphatic carbocycles. The Bertz CT molecular complexity index is 422. The number of hydrogen-bond acceptors (Lipinski definition) is 6. The highest BCUT2D eigenvalue weighted by Gasteiger charge is 2.18. The predicted molar refractivity (Wildman–Crippen MR) is 71.7 cm³/mol. The zero-order valence-corrected chi connectivity index (χ0v) is 11.0. The van der Waals surface area contributed by atoms with Crippen molar-refractivity contribution in [2.24, 2.45) is 0 Å². The lowest BCUT2D eigenvalue weighted by molar-refractivity contribution is -0.384. The molecule has 100 valence electrons. The van der Waals surface area contributed by atoms with Crippen LogP contribution in [0.15, 0.2) is 12.1 Å². The first-order valence-corrected chi connectivity index (χ1v) is 5.68. The van der Waals surface area contributed by atoms with Crippen molar-refractivity contribution in [3.8, 4) is 0 Å². The SMILES string of the molecule is CN(C)CCCN(C)c1nc(N)ccc1[N+](=O)[O-]. The molecule has 0 aromatic carbocycles. The molecule has 0 saturated heterocycles. The number of hydrogen-bond donors (Lipinski definition) is 1. The Morgan fingerprint density at radius 2 is 2.00 bits per heavy atom. The van der Waals surface area contributed by atoms with Gasteiger partial charge in [0.05, 0.1) is 4.92 Å². The summed E-state index contributed by atoms with van der Waals surface area (Å²) >= 11 is 0. The molecular formula is C11H19N5O2. The van der Waals surface area contributed by atoms with Crippen molar-refractivity contribution in [3.05, 3.63) is 22.2 Å². The van der Waals surface area contributed by atoms with E-state index in [0.29, 0.717) is 12.4 Å². The molecule has 1 aromatic heterocycles. The van der Waals surface area contributed by atoms with Gasteiger partial charge >= 0.3 is 5.69 Å². The van der Waals surface area contributed by atoms with Crippen LogP contribution in [-0.4, -0.2) is 49.0 Å². The van der Waals surface area contributed by atoms with Crippen LogP contribution in [0.3, 0.4) is 0 Å². The fraction of sp³-hybridized carbons (Fsp3) is 0.545. The molecular weight excluding hydrogens is 234 g/mol. The van der Waals surface area contributed by atoms with E-state index in [9.17, 15) is 10.1 Å². The van der Waals surface area contributed by atoms with Crippen LogP contribution in [0.5, 0.6) is 0 Å². The average molecular weight is 253 g/mol. The van der Waals surface area contributed by atoms with E-state index in [1.165, 1.54) is 12.1 Å². The Morgan fingerprint density at radius 1 is 1.33 bits per heavy atom. The summed E-state index contributed by atoms with van der Waals surface area (Å²) in [4.78, 5) is 18.3. The summed E-state index contributed by atoms with van der Waals surface area (Å²) in [5.74, 6) is 0.605. The first kappa shape index (κ1) is 14.2. The van der Waals surface area contributed by atoms with Crippen molar-refractivity contribution >= 4 is 17.3 Å². The minimum atomic E-state index is -0.440. The maximum atomic E-state index is 10.9. The van der Waals surface area contributed by atoms with Crippen molar-refractivity contribution in [1.82, 2.24) is 9.88 Å². The number of aromatic nitrogens is 1. The largest absolute Gasteiger partial charge is 0.384 e. The summed E-state index contributed by atoms with van der Waals surface area (Å²) in [6.07, 6.45) is 0.900. The molecule has 0 bridgehead atoms.